The quantitative estimate of drug-likeness (QED) is 0.781. The van der Waals surface area contributed by atoms with Crippen LogP contribution in [0.5, 0.6) is 0 Å². The number of benzene rings is 1. The van der Waals surface area contributed by atoms with Gasteiger partial charge in [-0.2, -0.15) is 0 Å². The molecule has 2 N–H and O–H groups in total. The first-order chi connectivity index (χ1) is 7.08. The number of aryl methyl sites for hydroxylation is 1. The zero-order chi connectivity index (χ0) is 11.0. The van der Waals surface area contributed by atoms with Gasteiger partial charge in [0.1, 0.15) is 5.82 Å². The molecule has 0 amide bonds. The number of rotatable bonds is 1. The van der Waals surface area contributed by atoms with E-state index >= 15 is 0 Å². The molecule has 1 aromatic heterocycles. The zero-order valence-electron chi connectivity index (χ0n) is 8.05. The molecule has 0 bridgehead atoms. The Labute approximate surface area is 99.9 Å². The molecule has 0 fully saturated rings. The van der Waals surface area contributed by atoms with Crippen LogP contribution in [0.3, 0.4) is 0 Å². The molecule has 2 rings (SSSR count). The van der Waals surface area contributed by atoms with Crippen molar-refractivity contribution in [3.63, 3.8) is 0 Å². The van der Waals surface area contributed by atoms with Gasteiger partial charge in [-0.3, -0.25) is 0 Å². The van der Waals surface area contributed by atoms with Crippen LogP contribution < -0.4 is 5.73 Å². The van der Waals surface area contributed by atoms with E-state index in [0.717, 1.165) is 10.4 Å². The van der Waals surface area contributed by atoms with Gasteiger partial charge in [0, 0.05) is 16.1 Å². The molecule has 1 nitrogen and oxygen atoms in total. The molecule has 0 radical (unpaired) electrons. The van der Waals surface area contributed by atoms with Crippen LogP contribution in [-0.2, 0) is 0 Å². The molecule has 4 heteroatoms. The van der Waals surface area contributed by atoms with Crippen LogP contribution in [0, 0.1) is 12.7 Å². The molecule has 1 aromatic carbocycles. The number of nitrogen functional groups attached to an aromatic ring is 1. The van der Waals surface area contributed by atoms with E-state index in [9.17, 15) is 4.39 Å². The van der Waals surface area contributed by atoms with E-state index < -0.39 is 0 Å². The van der Waals surface area contributed by atoms with Gasteiger partial charge in [-0.25, -0.2) is 4.39 Å². The summed E-state index contributed by atoms with van der Waals surface area (Å²) < 4.78 is 14.2. The summed E-state index contributed by atoms with van der Waals surface area (Å²) in [5, 5.41) is 1.93. The molecule has 15 heavy (non-hydrogen) atoms. The van der Waals surface area contributed by atoms with Crippen LogP contribution in [0.2, 0.25) is 0 Å². The summed E-state index contributed by atoms with van der Waals surface area (Å²) in [4.78, 5) is 1.16. The molecule has 0 unspecified atom stereocenters. The highest BCUT2D eigenvalue weighted by Crippen LogP contribution is 2.32. The van der Waals surface area contributed by atoms with Crippen molar-refractivity contribution in [2.75, 3.05) is 5.73 Å². The molecular weight excluding hydrogens is 277 g/mol. The first-order valence-electron chi connectivity index (χ1n) is 4.38. The van der Waals surface area contributed by atoms with Gasteiger partial charge >= 0.3 is 0 Å². The Hall–Kier alpha value is -0.870. The van der Waals surface area contributed by atoms with Crippen molar-refractivity contribution >= 4 is 33.0 Å². The minimum atomic E-state index is -0.262. The summed E-state index contributed by atoms with van der Waals surface area (Å²) in [6.45, 7) is 1.99. The summed E-state index contributed by atoms with van der Waals surface area (Å²) >= 11 is 4.75. The van der Waals surface area contributed by atoms with Crippen LogP contribution in [-0.4, -0.2) is 0 Å². The van der Waals surface area contributed by atoms with Gasteiger partial charge in [-0.1, -0.05) is 0 Å². The molecule has 0 atom stereocenters. The van der Waals surface area contributed by atoms with Crippen molar-refractivity contribution in [3.05, 3.63) is 38.7 Å². The molecule has 0 aliphatic heterocycles. The molecular formula is C11H9BrFNS. The van der Waals surface area contributed by atoms with Crippen LogP contribution in [0.25, 0.3) is 11.1 Å². The fraction of sp³-hybridized carbons (Fsp3) is 0.0909. The lowest BCUT2D eigenvalue weighted by Crippen LogP contribution is -1.90. The van der Waals surface area contributed by atoms with Crippen LogP contribution in [0.15, 0.2) is 28.1 Å². The lowest BCUT2D eigenvalue weighted by molar-refractivity contribution is 0.625. The van der Waals surface area contributed by atoms with E-state index in [1.807, 2.05) is 18.4 Å². The summed E-state index contributed by atoms with van der Waals surface area (Å²) in [5.41, 5.74) is 7.66. The summed E-state index contributed by atoms with van der Waals surface area (Å²) in [6.07, 6.45) is 0. The number of thiophene rings is 1. The van der Waals surface area contributed by atoms with Gasteiger partial charge in [0.2, 0.25) is 0 Å². The maximum absolute atomic E-state index is 13.8. The van der Waals surface area contributed by atoms with Crippen LogP contribution >= 0.6 is 27.3 Å². The summed E-state index contributed by atoms with van der Waals surface area (Å²) in [5.74, 6) is -0.262. The van der Waals surface area contributed by atoms with Crippen molar-refractivity contribution in [1.82, 2.24) is 0 Å². The number of hydrogen-bond acceptors (Lipinski definition) is 2. The van der Waals surface area contributed by atoms with E-state index in [0.29, 0.717) is 15.7 Å². The monoisotopic (exact) mass is 285 g/mol. The number of anilines is 1. The summed E-state index contributed by atoms with van der Waals surface area (Å²) in [7, 11) is 0. The molecule has 0 spiro atoms. The van der Waals surface area contributed by atoms with Crippen molar-refractivity contribution in [1.29, 1.82) is 0 Å². The maximum atomic E-state index is 13.8. The third-order valence-corrected chi connectivity index (χ3v) is 3.53. The minimum Gasteiger partial charge on any atom is -0.399 e. The Bertz CT molecular complexity index is 507. The zero-order valence-corrected chi connectivity index (χ0v) is 10.5. The summed E-state index contributed by atoms with van der Waals surface area (Å²) in [6, 6.07) is 5.18. The molecule has 1 heterocycles. The second-order valence-corrected chi connectivity index (χ2v) is 5.28. The molecule has 2 aromatic rings. The van der Waals surface area contributed by atoms with E-state index in [2.05, 4.69) is 15.9 Å². The molecule has 0 aliphatic carbocycles. The van der Waals surface area contributed by atoms with Crippen molar-refractivity contribution in [2.24, 2.45) is 0 Å². The van der Waals surface area contributed by atoms with Crippen molar-refractivity contribution < 1.29 is 4.39 Å². The molecule has 0 saturated heterocycles. The van der Waals surface area contributed by atoms with E-state index in [-0.39, 0.29) is 5.82 Å². The smallest absolute Gasteiger partial charge is 0.145 e. The molecule has 0 aliphatic rings. The highest BCUT2D eigenvalue weighted by atomic mass is 79.9. The number of halogens is 2. The maximum Gasteiger partial charge on any atom is 0.145 e. The van der Waals surface area contributed by atoms with Gasteiger partial charge in [-0.15, -0.1) is 11.3 Å². The Morgan fingerprint density at radius 3 is 2.67 bits per heavy atom. The second-order valence-electron chi connectivity index (χ2n) is 3.31. The van der Waals surface area contributed by atoms with Gasteiger partial charge in [0.25, 0.3) is 0 Å². The fourth-order valence-corrected chi connectivity index (χ4v) is 2.59. The highest BCUT2D eigenvalue weighted by molar-refractivity contribution is 9.10. The average Bonchev–Trinajstić information content (AvgIpc) is 2.58. The third kappa shape index (κ3) is 2.06. The predicted octanol–water partition coefficient (Wildman–Crippen LogP) is 4.21. The number of nitrogens with two attached hydrogens (primary N) is 1. The minimum absolute atomic E-state index is 0.262. The largest absolute Gasteiger partial charge is 0.399 e. The lowest BCUT2D eigenvalue weighted by Gasteiger charge is -2.04. The Morgan fingerprint density at radius 1 is 1.33 bits per heavy atom. The fourth-order valence-electron chi connectivity index (χ4n) is 1.40. The van der Waals surface area contributed by atoms with Crippen LogP contribution in [0.4, 0.5) is 10.1 Å². The standard InChI is InChI=1S/C11H9BrFNS/c1-6-2-7(5-15-6)9-3-8(14)4-10(12)11(9)13/h2-5H,14H2,1H3. The van der Waals surface area contributed by atoms with E-state index in [4.69, 9.17) is 5.73 Å². The van der Waals surface area contributed by atoms with Gasteiger partial charge in [0.15, 0.2) is 0 Å². The number of hydrogen-bond donors (Lipinski definition) is 1. The van der Waals surface area contributed by atoms with Crippen LogP contribution in [0.1, 0.15) is 4.88 Å². The van der Waals surface area contributed by atoms with Gasteiger partial charge in [0.05, 0.1) is 4.47 Å². The molecule has 0 saturated carbocycles. The van der Waals surface area contributed by atoms with Crippen molar-refractivity contribution in [2.45, 2.75) is 6.92 Å². The lowest BCUT2D eigenvalue weighted by atomic mass is 10.1. The van der Waals surface area contributed by atoms with E-state index in [1.54, 1.807) is 23.5 Å². The average molecular weight is 286 g/mol. The Morgan fingerprint density at radius 2 is 2.07 bits per heavy atom. The Kier molecular flexibility index (Phi) is 2.80. The first kappa shape index (κ1) is 10.6. The second kappa shape index (κ2) is 3.94. The Balaban J connectivity index is 2.62. The first-order valence-corrected chi connectivity index (χ1v) is 6.05. The normalized spacial score (nSPS) is 10.6. The highest BCUT2D eigenvalue weighted by Gasteiger charge is 2.10. The van der Waals surface area contributed by atoms with Gasteiger partial charge < -0.3 is 5.73 Å². The predicted molar refractivity (Wildman–Crippen MR) is 66.6 cm³/mol. The van der Waals surface area contributed by atoms with Gasteiger partial charge in [-0.05, 0) is 52.0 Å². The topological polar surface area (TPSA) is 26.0 Å². The SMILES string of the molecule is Cc1cc(-c2cc(N)cc(Br)c2F)cs1. The van der Waals surface area contributed by atoms with Crippen molar-refractivity contribution in [3.8, 4) is 11.1 Å². The third-order valence-electron chi connectivity index (χ3n) is 2.09. The molecule has 78 valence electrons. The van der Waals surface area contributed by atoms with E-state index in [1.165, 1.54) is 0 Å².